The molecule has 0 saturated heterocycles. The summed E-state index contributed by atoms with van der Waals surface area (Å²) in [6.45, 7) is 0.271. The number of alkyl halides is 3. The molecule has 0 spiro atoms. The van der Waals surface area contributed by atoms with E-state index < -0.39 is 11.7 Å². The van der Waals surface area contributed by atoms with Gasteiger partial charge < -0.3 is 10.6 Å². The van der Waals surface area contributed by atoms with Gasteiger partial charge in [0.05, 0.1) is 12.0 Å². The molecule has 2 amide bonds. The highest BCUT2D eigenvalue weighted by Gasteiger charge is 2.29. The molecule has 0 unspecified atom stereocenters. The van der Waals surface area contributed by atoms with E-state index in [9.17, 15) is 22.8 Å². The Morgan fingerprint density at radius 3 is 2.00 bits per heavy atom. The molecular weight excluding hydrogens is 333 g/mol. The zero-order chi connectivity index (χ0) is 18.4. The number of nitrogens with one attached hydrogen (secondary N) is 2. The fourth-order valence-corrected chi connectivity index (χ4v) is 2.18. The molecule has 7 heteroatoms. The minimum Gasteiger partial charge on any atom is -0.355 e. The van der Waals surface area contributed by atoms with E-state index in [0.29, 0.717) is 11.1 Å². The topological polar surface area (TPSA) is 58.2 Å². The van der Waals surface area contributed by atoms with Crippen molar-refractivity contribution in [3.05, 3.63) is 70.8 Å². The Kier molecular flexibility index (Phi) is 5.80. The molecule has 0 fully saturated rings. The van der Waals surface area contributed by atoms with Gasteiger partial charge in [0.2, 0.25) is 5.91 Å². The average Bonchev–Trinajstić information content (AvgIpc) is 2.59. The van der Waals surface area contributed by atoms with Gasteiger partial charge in [-0.3, -0.25) is 9.59 Å². The Hall–Kier alpha value is -2.83. The summed E-state index contributed by atoms with van der Waals surface area (Å²) in [5.74, 6) is -0.493. The number of halogens is 3. The first-order valence-corrected chi connectivity index (χ1v) is 7.53. The molecule has 25 heavy (non-hydrogen) atoms. The Balaban J connectivity index is 1.87. The lowest BCUT2D eigenvalue weighted by atomic mass is 10.1. The summed E-state index contributed by atoms with van der Waals surface area (Å²) in [6, 6.07) is 11.2. The van der Waals surface area contributed by atoms with Crippen molar-refractivity contribution >= 4 is 11.8 Å². The van der Waals surface area contributed by atoms with Crippen molar-refractivity contribution in [2.24, 2.45) is 0 Å². The maximum absolute atomic E-state index is 12.5. The third-order valence-electron chi connectivity index (χ3n) is 3.58. The van der Waals surface area contributed by atoms with Crippen LogP contribution < -0.4 is 10.6 Å². The molecule has 2 N–H and O–H groups in total. The second-order valence-corrected chi connectivity index (χ2v) is 5.42. The molecule has 2 aromatic rings. The molecule has 132 valence electrons. The highest BCUT2D eigenvalue weighted by Crippen LogP contribution is 2.29. The van der Waals surface area contributed by atoms with Crippen LogP contribution in [-0.4, -0.2) is 18.9 Å². The van der Waals surface area contributed by atoms with Crippen LogP contribution in [0.2, 0.25) is 0 Å². The summed E-state index contributed by atoms with van der Waals surface area (Å²) in [4.78, 5) is 23.3. The molecule has 2 aromatic carbocycles. The van der Waals surface area contributed by atoms with Gasteiger partial charge >= 0.3 is 6.18 Å². The molecule has 0 heterocycles. The zero-order valence-corrected chi connectivity index (χ0v) is 13.5. The second-order valence-electron chi connectivity index (χ2n) is 5.42. The Morgan fingerprint density at radius 2 is 1.48 bits per heavy atom. The van der Waals surface area contributed by atoms with Crippen LogP contribution in [0.25, 0.3) is 0 Å². The normalized spacial score (nSPS) is 11.0. The van der Waals surface area contributed by atoms with Crippen molar-refractivity contribution < 1.29 is 22.8 Å². The lowest BCUT2D eigenvalue weighted by molar-refractivity contribution is -0.137. The molecule has 0 atom stereocenters. The minimum absolute atomic E-state index is 0.00549. The van der Waals surface area contributed by atoms with Crippen molar-refractivity contribution in [2.45, 2.75) is 19.1 Å². The first-order valence-electron chi connectivity index (χ1n) is 7.53. The van der Waals surface area contributed by atoms with Crippen LogP contribution in [0.3, 0.4) is 0 Å². The predicted molar refractivity (Wildman–Crippen MR) is 86.8 cm³/mol. The van der Waals surface area contributed by atoms with E-state index in [2.05, 4.69) is 10.6 Å². The maximum atomic E-state index is 12.5. The van der Waals surface area contributed by atoms with Crippen LogP contribution in [0.4, 0.5) is 13.2 Å². The molecule has 2 rings (SSSR count). The molecule has 0 bridgehead atoms. The van der Waals surface area contributed by atoms with Gasteiger partial charge in [0.25, 0.3) is 5.91 Å². The van der Waals surface area contributed by atoms with Gasteiger partial charge in [-0.05, 0) is 35.4 Å². The Bertz CT molecular complexity index is 738. The first-order chi connectivity index (χ1) is 11.8. The van der Waals surface area contributed by atoms with Crippen LogP contribution in [0, 0.1) is 0 Å². The quantitative estimate of drug-likeness (QED) is 0.871. The lowest BCUT2D eigenvalue weighted by Gasteiger charge is -2.08. The molecule has 0 radical (unpaired) electrons. The number of amides is 2. The third kappa shape index (κ3) is 5.34. The van der Waals surface area contributed by atoms with Crippen LogP contribution in [0.15, 0.2) is 48.5 Å². The van der Waals surface area contributed by atoms with E-state index in [1.165, 1.54) is 19.2 Å². The van der Waals surface area contributed by atoms with Gasteiger partial charge in [-0.15, -0.1) is 0 Å². The van der Waals surface area contributed by atoms with Crippen molar-refractivity contribution in [1.82, 2.24) is 10.6 Å². The van der Waals surface area contributed by atoms with Crippen LogP contribution in [-0.2, 0) is 23.9 Å². The molecule has 0 aromatic heterocycles. The average molecular weight is 350 g/mol. The Morgan fingerprint density at radius 1 is 0.920 bits per heavy atom. The highest BCUT2D eigenvalue weighted by molar-refractivity contribution is 5.93. The predicted octanol–water partition coefficient (Wildman–Crippen LogP) is 2.92. The number of carbonyl (C=O) groups is 2. The van der Waals surface area contributed by atoms with Gasteiger partial charge in [0.1, 0.15) is 0 Å². The first kappa shape index (κ1) is 18.5. The molecular formula is C18H17F3N2O2. The van der Waals surface area contributed by atoms with E-state index in [1.807, 2.05) is 0 Å². The molecule has 4 nitrogen and oxygen atoms in total. The second kappa shape index (κ2) is 7.83. The maximum Gasteiger partial charge on any atom is 0.416 e. The number of hydrogen-bond donors (Lipinski definition) is 2. The van der Waals surface area contributed by atoms with E-state index in [1.54, 1.807) is 24.3 Å². The summed E-state index contributed by atoms with van der Waals surface area (Å²) in [6.07, 6.45) is -4.39. The van der Waals surface area contributed by atoms with Crippen molar-refractivity contribution in [2.75, 3.05) is 7.05 Å². The van der Waals surface area contributed by atoms with Crippen molar-refractivity contribution in [3.8, 4) is 0 Å². The smallest absolute Gasteiger partial charge is 0.355 e. The van der Waals surface area contributed by atoms with Crippen LogP contribution >= 0.6 is 0 Å². The number of benzene rings is 2. The largest absolute Gasteiger partial charge is 0.416 e. The summed E-state index contributed by atoms with van der Waals surface area (Å²) >= 11 is 0. The summed E-state index contributed by atoms with van der Waals surface area (Å²) in [7, 11) is 1.54. The van der Waals surface area contributed by atoms with Gasteiger partial charge in [-0.1, -0.05) is 24.3 Å². The SMILES string of the molecule is CNC(=O)c1ccc(CNC(=O)Cc2ccc(C(F)(F)F)cc2)cc1. The molecule has 0 aliphatic carbocycles. The van der Waals surface area contributed by atoms with Gasteiger partial charge in [-0.25, -0.2) is 0 Å². The van der Waals surface area contributed by atoms with E-state index >= 15 is 0 Å². The number of rotatable bonds is 5. The summed E-state index contributed by atoms with van der Waals surface area (Å²) < 4.78 is 37.5. The van der Waals surface area contributed by atoms with Gasteiger partial charge in [0.15, 0.2) is 0 Å². The third-order valence-corrected chi connectivity index (χ3v) is 3.58. The fraction of sp³-hybridized carbons (Fsp3) is 0.222. The number of carbonyl (C=O) groups excluding carboxylic acids is 2. The van der Waals surface area contributed by atoms with E-state index in [-0.39, 0.29) is 24.8 Å². The fourth-order valence-electron chi connectivity index (χ4n) is 2.18. The van der Waals surface area contributed by atoms with E-state index in [4.69, 9.17) is 0 Å². The highest BCUT2D eigenvalue weighted by atomic mass is 19.4. The Labute approximate surface area is 143 Å². The van der Waals surface area contributed by atoms with Gasteiger partial charge in [-0.2, -0.15) is 13.2 Å². The molecule has 0 aliphatic rings. The molecule has 0 aliphatic heterocycles. The van der Waals surface area contributed by atoms with E-state index in [0.717, 1.165) is 17.7 Å². The zero-order valence-electron chi connectivity index (χ0n) is 13.5. The molecule has 0 saturated carbocycles. The minimum atomic E-state index is -4.39. The standard InChI is InChI=1S/C18H17F3N2O2/c1-22-17(25)14-6-2-13(3-7-14)11-23-16(24)10-12-4-8-15(9-5-12)18(19,20)21/h2-9H,10-11H2,1H3,(H,22,25)(H,23,24). The summed E-state index contributed by atoms with van der Waals surface area (Å²) in [5, 5.41) is 5.21. The van der Waals surface area contributed by atoms with Gasteiger partial charge in [0, 0.05) is 19.2 Å². The summed E-state index contributed by atoms with van der Waals surface area (Å²) in [5.41, 5.74) is 1.09. The van der Waals surface area contributed by atoms with Crippen LogP contribution in [0.5, 0.6) is 0 Å². The van der Waals surface area contributed by atoms with Crippen molar-refractivity contribution in [1.29, 1.82) is 0 Å². The van der Waals surface area contributed by atoms with Crippen molar-refractivity contribution in [3.63, 3.8) is 0 Å². The van der Waals surface area contributed by atoms with Crippen LogP contribution in [0.1, 0.15) is 27.0 Å². The lowest BCUT2D eigenvalue weighted by Crippen LogP contribution is -2.24. The monoisotopic (exact) mass is 350 g/mol. The number of hydrogen-bond acceptors (Lipinski definition) is 2.